The van der Waals surface area contributed by atoms with Crippen molar-refractivity contribution in [2.45, 2.75) is 30.2 Å². The van der Waals surface area contributed by atoms with Gasteiger partial charge in [0.1, 0.15) is 0 Å². The largest absolute Gasteiger partial charge is 0.355 e. The second-order valence-corrected chi connectivity index (χ2v) is 7.73. The maximum Gasteiger partial charge on any atom is 0.233 e. The summed E-state index contributed by atoms with van der Waals surface area (Å²) in [5, 5.41) is 11.9. The van der Waals surface area contributed by atoms with Gasteiger partial charge in [0.25, 0.3) is 0 Å². The van der Waals surface area contributed by atoms with E-state index in [0.717, 1.165) is 11.4 Å². The lowest BCUT2D eigenvalue weighted by Gasteiger charge is -2.15. The SMILES string of the molecule is CC(Sc1nnc(-c2cccnc2)n1C)C(=O)NCC(C)c1ccccc1. The van der Waals surface area contributed by atoms with Gasteiger partial charge in [0, 0.05) is 31.5 Å². The summed E-state index contributed by atoms with van der Waals surface area (Å²) < 4.78 is 1.89. The van der Waals surface area contributed by atoms with Crippen molar-refractivity contribution in [1.29, 1.82) is 0 Å². The molecule has 1 amide bonds. The molecular weight excluding hydrogens is 358 g/mol. The van der Waals surface area contributed by atoms with Crippen molar-refractivity contribution in [2.75, 3.05) is 6.54 Å². The van der Waals surface area contributed by atoms with Crippen LogP contribution in [0.4, 0.5) is 0 Å². The highest BCUT2D eigenvalue weighted by molar-refractivity contribution is 8.00. The number of pyridine rings is 1. The van der Waals surface area contributed by atoms with Crippen LogP contribution in [0.5, 0.6) is 0 Å². The zero-order valence-corrected chi connectivity index (χ0v) is 16.5. The second kappa shape index (κ2) is 8.81. The monoisotopic (exact) mass is 381 g/mol. The average Bonchev–Trinajstić information content (AvgIpc) is 3.07. The highest BCUT2D eigenvalue weighted by Crippen LogP contribution is 2.25. The van der Waals surface area contributed by atoms with Crippen LogP contribution in [0.3, 0.4) is 0 Å². The number of rotatable bonds is 7. The number of hydrogen-bond donors (Lipinski definition) is 1. The van der Waals surface area contributed by atoms with E-state index in [1.165, 1.54) is 17.3 Å². The van der Waals surface area contributed by atoms with Crippen LogP contribution in [0.1, 0.15) is 25.3 Å². The molecule has 7 heteroatoms. The summed E-state index contributed by atoms with van der Waals surface area (Å²) in [5.41, 5.74) is 2.11. The molecule has 1 N–H and O–H groups in total. The fourth-order valence-electron chi connectivity index (χ4n) is 2.67. The number of amides is 1. The predicted molar refractivity (Wildman–Crippen MR) is 107 cm³/mol. The third kappa shape index (κ3) is 4.74. The minimum absolute atomic E-state index is 0.00583. The molecule has 0 bridgehead atoms. The first-order valence-electron chi connectivity index (χ1n) is 8.85. The minimum atomic E-state index is -0.266. The number of carbonyl (C=O) groups is 1. The van der Waals surface area contributed by atoms with Gasteiger partial charge >= 0.3 is 0 Å². The molecule has 0 fully saturated rings. The molecule has 2 heterocycles. The number of benzene rings is 1. The van der Waals surface area contributed by atoms with Crippen LogP contribution in [0.15, 0.2) is 60.0 Å². The number of aromatic nitrogens is 4. The van der Waals surface area contributed by atoms with Crippen molar-refractivity contribution in [3.05, 3.63) is 60.4 Å². The minimum Gasteiger partial charge on any atom is -0.355 e. The van der Waals surface area contributed by atoms with Gasteiger partial charge in [-0.05, 0) is 30.5 Å². The molecule has 1 aromatic carbocycles. The molecule has 3 rings (SSSR count). The Balaban J connectivity index is 1.58. The summed E-state index contributed by atoms with van der Waals surface area (Å²) in [6, 6.07) is 14.0. The summed E-state index contributed by atoms with van der Waals surface area (Å²) >= 11 is 1.40. The molecule has 2 atom stereocenters. The van der Waals surface area contributed by atoms with Crippen molar-refractivity contribution in [2.24, 2.45) is 7.05 Å². The summed E-state index contributed by atoms with van der Waals surface area (Å²) in [5.74, 6) is 0.990. The van der Waals surface area contributed by atoms with E-state index in [4.69, 9.17) is 0 Å². The van der Waals surface area contributed by atoms with Crippen LogP contribution in [0.25, 0.3) is 11.4 Å². The average molecular weight is 382 g/mol. The molecule has 2 aromatic heterocycles. The summed E-state index contributed by atoms with van der Waals surface area (Å²) in [6.45, 7) is 4.59. The lowest BCUT2D eigenvalue weighted by Crippen LogP contribution is -2.33. The Morgan fingerprint density at radius 1 is 1.15 bits per heavy atom. The third-order valence-electron chi connectivity index (χ3n) is 4.36. The van der Waals surface area contributed by atoms with E-state index in [-0.39, 0.29) is 17.1 Å². The summed E-state index contributed by atoms with van der Waals surface area (Å²) in [7, 11) is 1.90. The zero-order chi connectivity index (χ0) is 19.2. The number of hydrogen-bond acceptors (Lipinski definition) is 5. The topological polar surface area (TPSA) is 72.7 Å². The molecule has 140 valence electrons. The van der Waals surface area contributed by atoms with Crippen LogP contribution in [0.2, 0.25) is 0 Å². The van der Waals surface area contributed by atoms with Crippen molar-refractivity contribution < 1.29 is 4.79 Å². The summed E-state index contributed by atoms with van der Waals surface area (Å²) in [4.78, 5) is 16.6. The van der Waals surface area contributed by atoms with Crippen LogP contribution < -0.4 is 5.32 Å². The highest BCUT2D eigenvalue weighted by Gasteiger charge is 2.20. The molecule has 0 aliphatic rings. The van der Waals surface area contributed by atoms with E-state index in [1.807, 2.05) is 48.9 Å². The van der Waals surface area contributed by atoms with E-state index in [1.54, 1.807) is 12.4 Å². The Morgan fingerprint density at radius 3 is 2.63 bits per heavy atom. The van der Waals surface area contributed by atoms with E-state index < -0.39 is 0 Å². The summed E-state index contributed by atoms with van der Waals surface area (Å²) in [6.07, 6.45) is 3.47. The second-order valence-electron chi connectivity index (χ2n) is 6.42. The molecular formula is C20H23N5OS. The first-order valence-corrected chi connectivity index (χ1v) is 9.73. The van der Waals surface area contributed by atoms with E-state index in [9.17, 15) is 4.79 Å². The quantitative estimate of drug-likeness (QED) is 0.636. The molecule has 0 aliphatic carbocycles. The molecule has 0 aliphatic heterocycles. The Labute approximate surface area is 163 Å². The molecule has 3 aromatic rings. The van der Waals surface area contributed by atoms with Gasteiger partial charge in [-0.25, -0.2) is 0 Å². The van der Waals surface area contributed by atoms with Gasteiger partial charge in [0.05, 0.1) is 5.25 Å². The number of nitrogens with one attached hydrogen (secondary N) is 1. The number of carbonyl (C=O) groups excluding carboxylic acids is 1. The Morgan fingerprint density at radius 2 is 1.93 bits per heavy atom. The zero-order valence-electron chi connectivity index (χ0n) is 15.7. The van der Waals surface area contributed by atoms with Crippen LogP contribution in [-0.2, 0) is 11.8 Å². The first kappa shape index (κ1) is 19.1. The lowest BCUT2D eigenvalue weighted by molar-refractivity contribution is -0.120. The third-order valence-corrected chi connectivity index (χ3v) is 5.49. The molecule has 2 unspecified atom stereocenters. The lowest BCUT2D eigenvalue weighted by atomic mass is 10.0. The Hall–Kier alpha value is -2.67. The van der Waals surface area contributed by atoms with Gasteiger partial charge < -0.3 is 9.88 Å². The van der Waals surface area contributed by atoms with Crippen LogP contribution in [0, 0.1) is 0 Å². The maximum atomic E-state index is 12.5. The van der Waals surface area contributed by atoms with Crippen LogP contribution >= 0.6 is 11.8 Å². The van der Waals surface area contributed by atoms with Gasteiger partial charge in [0.2, 0.25) is 5.91 Å². The molecule has 0 saturated carbocycles. The van der Waals surface area contributed by atoms with E-state index in [0.29, 0.717) is 11.7 Å². The van der Waals surface area contributed by atoms with Gasteiger partial charge in [-0.2, -0.15) is 0 Å². The van der Waals surface area contributed by atoms with Crippen LogP contribution in [-0.4, -0.2) is 37.5 Å². The van der Waals surface area contributed by atoms with Gasteiger partial charge in [0.15, 0.2) is 11.0 Å². The predicted octanol–water partition coefficient (Wildman–Crippen LogP) is 3.28. The molecule has 0 spiro atoms. The van der Waals surface area contributed by atoms with E-state index >= 15 is 0 Å². The number of thioether (sulfide) groups is 1. The highest BCUT2D eigenvalue weighted by atomic mass is 32.2. The smallest absolute Gasteiger partial charge is 0.233 e. The maximum absolute atomic E-state index is 12.5. The molecule has 27 heavy (non-hydrogen) atoms. The fraction of sp³-hybridized carbons (Fsp3) is 0.300. The van der Waals surface area contributed by atoms with Gasteiger partial charge in [-0.1, -0.05) is 49.0 Å². The van der Waals surface area contributed by atoms with E-state index in [2.05, 4.69) is 39.6 Å². The molecule has 0 radical (unpaired) electrons. The Bertz CT molecular complexity index is 882. The molecule has 0 saturated heterocycles. The first-order chi connectivity index (χ1) is 13.1. The number of nitrogens with zero attached hydrogens (tertiary/aromatic N) is 4. The normalized spacial score (nSPS) is 13.1. The van der Waals surface area contributed by atoms with Gasteiger partial charge in [-0.3, -0.25) is 9.78 Å². The van der Waals surface area contributed by atoms with Crippen molar-refractivity contribution in [3.63, 3.8) is 0 Å². The standard InChI is InChI=1S/C20H23N5OS/c1-14(16-8-5-4-6-9-16)12-22-19(26)15(2)27-20-24-23-18(25(20)3)17-10-7-11-21-13-17/h4-11,13-15H,12H2,1-3H3,(H,22,26). The van der Waals surface area contributed by atoms with Crippen molar-refractivity contribution in [1.82, 2.24) is 25.1 Å². The van der Waals surface area contributed by atoms with Crippen molar-refractivity contribution >= 4 is 17.7 Å². The van der Waals surface area contributed by atoms with Crippen molar-refractivity contribution in [3.8, 4) is 11.4 Å². The fourth-order valence-corrected chi connectivity index (χ4v) is 3.51. The molecule has 6 nitrogen and oxygen atoms in total. The Kier molecular flexibility index (Phi) is 6.24. The van der Waals surface area contributed by atoms with Gasteiger partial charge in [-0.15, -0.1) is 10.2 Å².